The number of carbonyl (C=O) groups excluding carboxylic acids is 1. The van der Waals surface area contributed by atoms with Crippen molar-refractivity contribution in [3.63, 3.8) is 0 Å². The van der Waals surface area contributed by atoms with Crippen molar-refractivity contribution in [2.24, 2.45) is 0 Å². The van der Waals surface area contributed by atoms with Crippen molar-refractivity contribution in [2.75, 3.05) is 6.26 Å². The lowest BCUT2D eigenvalue weighted by Crippen LogP contribution is -2.10. The molecular weight excluding hydrogens is 239 g/mol. The smallest absolute Gasteiger partial charge is 0.180 e. The molecule has 0 aromatic heterocycles. The van der Waals surface area contributed by atoms with Crippen LogP contribution in [0.15, 0.2) is 23.1 Å². The van der Waals surface area contributed by atoms with Crippen LogP contribution in [0.2, 0.25) is 5.02 Å². The van der Waals surface area contributed by atoms with Crippen molar-refractivity contribution in [3.05, 3.63) is 28.8 Å². The molecule has 0 N–H and O–H groups in total. The Morgan fingerprint density at radius 3 is 2.64 bits per heavy atom. The number of hydrogen-bond acceptors (Lipinski definition) is 2. The molecule has 0 saturated heterocycles. The molecule has 1 nitrogen and oxygen atoms in total. The van der Waals surface area contributed by atoms with E-state index in [0.717, 1.165) is 4.90 Å². The fourth-order valence-corrected chi connectivity index (χ4v) is 2.03. The summed E-state index contributed by atoms with van der Waals surface area (Å²) < 4.78 is 0. The molecule has 0 radical (unpaired) electrons. The second-order valence-electron chi connectivity index (χ2n) is 2.83. The maximum absolute atomic E-state index is 11.5. The number of benzene rings is 1. The van der Waals surface area contributed by atoms with E-state index in [0.29, 0.717) is 10.6 Å². The SMILES string of the molecule is CSc1cc(C(=O)C(C)Cl)ccc1Cl. The van der Waals surface area contributed by atoms with Gasteiger partial charge in [0.25, 0.3) is 0 Å². The molecule has 0 aliphatic heterocycles. The van der Waals surface area contributed by atoms with E-state index in [4.69, 9.17) is 23.2 Å². The highest BCUT2D eigenvalue weighted by Gasteiger charge is 2.13. The average molecular weight is 249 g/mol. The summed E-state index contributed by atoms with van der Waals surface area (Å²) in [6.45, 7) is 1.66. The Kier molecular flexibility index (Phi) is 4.30. The molecule has 14 heavy (non-hydrogen) atoms. The van der Waals surface area contributed by atoms with E-state index in [-0.39, 0.29) is 5.78 Å². The molecule has 0 saturated carbocycles. The standard InChI is InChI=1S/C10H10Cl2OS/c1-6(11)10(13)7-3-4-8(12)9(5-7)14-2/h3-6H,1-2H3. The van der Waals surface area contributed by atoms with Crippen LogP contribution in [0.5, 0.6) is 0 Å². The third-order valence-electron chi connectivity index (χ3n) is 1.80. The van der Waals surface area contributed by atoms with Crippen molar-refractivity contribution in [1.29, 1.82) is 0 Å². The number of alkyl halides is 1. The topological polar surface area (TPSA) is 17.1 Å². The van der Waals surface area contributed by atoms with E-state index in [1.54, 1.807) is 25.1 Å². The summed E-state index contributed by atoms with van der Waals surface area (Å²) in [5, 5.41) is 0.169. The van der Waals surface area contributed by atoms with Crippen molar-refractivity contribution >= 4 is 40.7 Å². The van der Waals surface area contributed by atoms with Crippen molar-refractivity contribution in [3.8, 4) is 0 Å². The van der Waals surface area contributed by atoms with Crippen LogP contribution in [0.1, 0.15) is 17.3 Å². The zero-order chi connectivity index (χ0) is 10.7. The quantitative estimate of drug-likeness (QED) is 0.459. The highest BCUT2D eigenvalue weighted by molar-refractivity contribution is 7.98. The molecule has 1 aromatic rings. The van der Waals surface area contributed by atoms with Gasteiger partial charge in [-0.2, -0.15) is 0 Å². The van der Waals surface area contributed by atoms with E-state index >= 15 is 0 Å². The third kappa shape index (κ3) is 2.66. The minimum atomic E-state index is -0.495. The number of Topliss-reactive ketones (excluding diaryl/α,β-unsaturated/α-hetero) is 1. The van der Waals surface area contributed by atoms with Gasteiger partial charge >= 0.3 is 0 Å². The number of rotatable bonds is 3. The summed E-state index contributed by atoms with van der Waals surface area (Å²) in [5.74, 6) is -0.0707. The lowest BCUT2D eigenvalue weighted by Gasteiger charge is -2.05. The Morgan fingerprint density at radius 1 is 1.50 bits per heavy atom. The third-order valence-corrected chi connectivity index (χ3v) is 3.21. The van der Waals surface area contributed by atoms with Gasteiger partial charge in [-0.15, -0.1) is 23.4 Å². The molecule has 0 fully saturated rings. The van der Waals surface area contributed by atoms with Gasteiger partial charge in [0.1, 0.15) is 0 Å². The van der Waals surface area contributed by atoms with Crippen molar-refractivity contribution in [1.82, 2.24) is 0 Å². The zero-order valence-corrected chi connectivity index (χ0v) is 10.2. The summed E-state index contributed by atoms with van der Waals surface area (Å²) in [7, 11) is 0. The predicted molar refractivity (Wildman–Crippen MR) is 62.9 cm³/mol. The Labute approximate surface area is 97.8 Å². The number of halogens is 2. The van der Waals surface area contributed by atoms with E-state index in [9.17, 15) is 4.79 Å². The average Bonchev–Trinajstić information content (AvgIpc) is 2.17. The molecule has 1 rings (SSSR count). The molecule has 1 unspecified atom stereocenters. The summed E-state index contributed by atoms with van der Waals surface area (Å²) in [4.78, 5) is 12.4. The normalized spacial score (nSPS) is 12.6. The van der Waals surface area contributed by atoms with Crippen LogP contribution in [-0.2, 0) is 0 Å². The first-order valence-electron chi connectivity index (χ1n) is 4.08. The minimum absolute atomic E-state index is 0.0707. The fourth-order valence-electron chi connectivity index (χ4n) is 1.04. The first-order valence-corrected chi connectivity index (χ1v) is 6.12. The predicted octanol–water partition coefficient (Wildman–Crippen LogP) is 3.87. The van der Waals surface area contributed by atoms with Crippen LogP contribution in [0.25, 0.3) is 0 Å². The summed E-state index contributed by atoms with van der Waals surface area (Å²) >= 11 is 13.1. The van der Waals surface area contributed by atoms with Crippen LogP contribution in [0.4, 0.5) is 0 Å². The maximum Gasteiger partial charge on any atom is 0.180 e. The summed E-state index contributed by atoms with van der Waals surface area (Å²) in [6.07, 6.45) is 1.92. The monoisotopic (exact) mass is 248 g/mol. The van der Waals surface area contributed by atoms with Gasteiger partial charge in [-0.1, -0.05) is 11.6 Å². The Morgan fingerprint density at radius 2 is 2.14 bits per heavy atom. The molecule has 0 aliphatic carbocycles. The van der Waals surface area contributed by atoms with Gasteiger partial charge in [0, 0.05) is 10.5 Å². The largest absolute Gasteiger partial charge is 0.293 e. The Balaban J connectivity index is 3.06. The first-order chi connectivity index (χ1) is 6.56. The second-order valence-corrected chi connectivity index (χ2v) is 4.74. The molecule has 0 heterocycles. The lowest BCUT2D eigenvalue weighted by atomic mass is 10.1. The molecule has 0 spiro atoms. The summed E-state index contributed by atoms with van der Waals surface area (Å²) in [6, 6.07) is 5.19. The van der Waals surface area contributed by atoms with Crippen LogP contribution < -0.4 is 0 Å². The number of carbonyl (C=O) groups is 1. The van der Waals surface area contributed by atoms with Gasteiger partial charge < -0.3 is 0 Å². The molecule has 0 aliphatic rings. The van der Waals surface area contributed by atoms with Gasteiger partial charge in [0.05, 0.1) is 10.4 Å². The van der Waals surface area contributed by atoms with E-state index in [1.807, 2.05) is 6.26 Å². The van der Waals surface area contributed by atoms with E-state index < -0.39 is 5.38 Å². The van der Waals surface area contributed by atoms with Crippen LogP contribution >= 0.6 is 35.0 Å². The van der Waals surface area contributed by atoms with Crippen molar-refractivity contribution in [2.45, 2.75) is 17.2 Å². The van der Waals surface area contributed by atoms with Gasteiger partial charge in [-0.25, -0.2) is 0 Å². The van der Waals surface area contributed by atoms with Crippen LogP contribution in [0, 0.1) is 0 Å². The molecule has 0 bridgehead atoms. The van der Waals surface area contributed by atoms with Crippen LogP contribution in [0.3, 0.4) is 0 Å². The molecule has 0 amide bonds. The fraction of sp³-hybridized carbons (Fsp3) is 0.300. The lowest BCUT2D eigenvalue weighted by molar-refractivity contribution is 0.0991. The Bertz CT molecular complexity index is 350. The highest BCUT2D eigenvalue weighted by Crippen LogP contribution is 2.26. The molecule has 76 valence electrons. The summed E-state index contributed by atoms with van der Waals surface area (Å²) in [5.41, 5.74) is 0.612. The number of ketones is 1. The molecule has 1 aromatic carbocycles. The minimum Gasteiger partial charge on any atom is -0.293 e. The van der Waals surface area contributed by atoms with Gasteiger partial charge in [-0.3, -0.25) is 4.79 Å². The number of thioether (sulfide) groups is 1. The van der Waals surface area contributed by atoms with Gasteiger partial charge in [0.15, 0.2) is 5.78 Å². The zero-order valence-electron chi connectivity index (χ0n) is 7.88. The molecular formula is C10H10Cl2OS. The second kappa shape index (κ2) is 5.06. The van der Waals surface area contributed by atoms with Gasteiger partial charge in [0.2, 0.25) is 0 Å². The highest BCUT2D eigenvalue weighted by atomic mass is 35.5. The maximum atomic E-state index is 11.5. The van der Waals surface area contributed by atoms with Gasteiger partial charge in [-0.05, 0) is 31.4 Å². The Hall–Kier alpha value is -0.180. The molecule has 4 heteroatoms. The molecule has 1 atom stereocenters. The van der Waals surface area contributed by atoms with Crippen molar-refractivity contribution < 1.29 is 4.79 Å². The number of hydrogen-bond donors (Lipinski definition) is 0. The van der Waals surface area contributed by atoms with E-state index in [1.165, 1.54) is 11.8 Å². The first kappa shape index (κ1) is 11.9. The van der Waals surface area contributed by atoms with Crippen LogP contribution in [-0.4, -0.2) is 17.4 Å². The van der Waals surface area contributed by atoms with E-state index in [2.05, 4.69) is 0 Å².